The van der Waals surface area contributed by atoms with Crippen LogP contribution in [0.3, 0.4) is 0 Å². The first kappa shape index (κ1) is 11.9. The van der Waals surface area contributed by atoms with E-state index in [2.05, 4.69) is 5.32 Å². The molecule has 0 rings (SSSR count). The average molecular weight is 184 g/mol. The van der Waals surface area contributed by atoms with Gasteiger partial charge in [0.2, 0.25) is 0 Å². The molecule has 0 saturated carbocycles. The summed E-state index contributed by atoms with van der Waals surface area (Å²) in [6.45, 7) is 5.56. The Morgan fingerprint density at radius 3 is 2.38 bits per heavy atom. The largest absolute Gasteiger partial charge is 0.480 e. The fourth-order valence-electron chi connectivity index (χ4n) is 1.05. The number of nitriles is 1. The summed E-state index contributed by atoms with van der Waals surface area (Å²) in [5, 5.41) is 20.0. The molecule has 74 valence electrons. The molecule has 2 N–H and O–H groups in total. The molecule has 0 heterocycles. The molecule has 0 aliphatic rings. The molecule has 0 fully saturated rings. The van der Waals surface area contributed by atoms with Gasteiger partial charge in [-0.15, -0.1) is 0 Å². The zero-order valence-corrected chi connectivity index (χ0v) is 8.24. The zero-order valence-electron chi connectivity index (χ0n) is 8.24. The summed E-state index contributed by atoms with van der Waals surface area (Å²) in [7, 11) is 0. The summed E-state index contributed by atoms with van der Waals surface area (Å²) in [4.78, 5) is 10.7. The van der Waals surface area contributed by atoms with Crippen molar-refractivity contribution < 1.29 is 9.90 Å². The number of hydrogen-bond donors (Lipinski definition) is 2. The van der Waals surface area contributed by atoms with Crippen LogP contribution in [0.2, 0.25) is 0 Å². The molecule has 0 aromatic carbocycles. The van der Waals surface area contributed by atoms with Crippen molar-refractivity contribution in [2.45, 2.75) is 39.3 Å². The standard InChI is InChI=1S/C9H16N2O2/c1-6(2)4-8(9(12)13)11-7(3)5-10/h6-8,11H,4H2,1-3H3,(H,12,13). The van der Waals surface area contributed by atoms with Gasteiger partial charge in [0, 0.05) is 0 Å². The molecule has 2 unspecified atom stereocenters. The van der Waals surface area contributed by atoms with Gasteiger partial charge in [-0.05, 0) is 19.3 Å². The second-order valence-electron chi connectivity index (χ2n) is 3.54. The fourth-order valence-corrected chi connectivity index (χ4v) is 1.05. The molecule has 0 aromatic heterocycles. The fraction of sp³-hybridized carbons (Fsp3) is 0.778. The molecule has 0 saturated heterocycles. The highest BCUT2D eigenvalue weighted by Crippen LogP contribution is 2.05. The van der Waals surface area contributed by atoms with Crippen LogP contribution < -0.4 is 5.32 Å². The Labute approximate surface area is 78.6 Å². The molecule has 0 bridgehead atoms. The molecule has 2 atom stereocenters. The van der Waals surface area contributed by atoms with Crippen molar-refractivity contribution in [1.29, 1.82) is 5.26 Å². The molecule has 0 amide bonds. The maximum Gasteiger partial charge on any atom is 0.320 e. The molecule has 0 spiro atoms. The number of carboxylic acids is 1. The monoisotopic (exact) mass is 184 g/mol. The molecule has 4 heteroatoms. The van der Waals surface area contributed by atoms with E-state index in [-0.39, 0.29) is 0 Å². The summed E-state index contributed by atoms with van der Waals surface area (Å²) in [6.07, 6.45) is 0.543. The minimum atomic E-state index is -0.893. The van der Waals surface area contributed by atoms with Gasteiger partial charge >= 0.3 is 5.97 Å². The number of aliphatic carboxylic acids is 1. The van der Waals surface area contributed by atoms with E-state index >= 15 is 0 Å². The third-order valence-corrected chi connectivity index (χ3v) is 1.65. The van der Waals surface area contributed by atoms with Crippen LogP contribution in [0, 0.1) is 17.2 Å². The van der Waals surface area contributed by atoms with Gasteiger partial charge in [-0.3, -0.25) is 10.1 Å². The molecule has 13 heavy (non-hydrogen) atoms. The maximum absolute atomic E-state index is 10.7. The van der Waals surface area contributed by atoms with Crippen LogP contribution in [0.4, 0.5) is 0 Å². The summed E-state index contributed by atoms with van der Waals surface area (Å²) >= 11 is 0. The lowest BCUT2D eigenvalue weighted by Crippen LogP contribution is -2.42. The molecule has 0 radical (unpaired) electrons. The smallest absolute Gasteiger partial charge is 0.320 e. The lowest BCUT2D eigenvalue weighted by molar-refractivity contribution is -0.140. The Hall–Kier alpha value is -1.08. The van der Waals surface area contributed by atoms with Crippen molar-refractivity contribution in [2.24, 2.45) is 5.92 Å². The van der Waals surface area contributed by atoms with Crippen LogP contribution >= 0.6 is 0 Å². The normalized spacial score (nSPS) is 15.0. The van der Waals surface area contributed by atoms with Gasteiger partial charge in [-0.25, -0.2) is 0 Å². The number of hydrogen-bond acceptors (Lipinski definition) is 3. The number of rotatable bonds is 5. The highest BCUT2D eigenvalue weighted by Gasteiger charge is 2.19. The number of nitrogens with zero attached hydrogens (tertiary/aromatic N) is 1. The first-order chi connectivity index (χ1) is 5.97. The third-order valence-electron chi connectivity index (χ3n) is 1.65. The van der Waals surface area contributed by atoms with Crippen LogP contribution in [0.1, 0.15) is 27.2 Å². The van der Waals surface area contributed by atoms with Crippen LogP contribution in [0.25, 0.3) is 0 Å². The Morgan fingerprint density at radius 2 is 2.08 bits per heavy atom. The van der Waals surface area contributed by atoms with Gasteiger partial charge < -0.3 is 5.11 Å². The van der Waals surface area contributed by atoms with Crippen molar-refractivity contribution in [2.75, 3.05) is 0 Å². The summed E-state index contributed by atoms with van der Waals surface area (Å²) in [5.74, 6) is -0.588. The van der Waals surface area contributed by atoms with E-state index in [4.69, 9.17) is 10.4 Å². The van der Waals surface area contributed by atoms with E-state index in [1.807, 2.05) is 19.9 Å². The Bertz CT molecular complexity index is 208. The van der Waals surface area contributed by atoms with E-state index in [0.29, 0.717) is 12.3 Å². The van der Waals surface area contributed by atoms with Gasteiger partial charge in [-0.2, -0.15) is 5.26 Å². The Kier molecular flexibility index (Phi) is 5.09. The zero-order chi connectivity index (χ0) is 10.4. The van der Waals surface area contributed by atoms with Crippen molar-refractivity contribution in [3.8, 4) is 6.07 Å². The van der Waals surface area contributed by atoms with Crippen molar-refractivity contribution in [1.82, 2.24) is 5.32 Å². The van der Waals surface area contributed by atoms with Gasteiger partial charge in [0.1, 0.15) is 6.04 Å². The number of carboxylic acid groups (broad SMARTS) is 1. The van der Waals surface area contributed by atoms with E-state index < -0.39 is 18.1 Å². The lowest BCUT2D eigenvalue weighted by Gasteiger charge is -2.17. The number of nitrogens with one attached hydrogen (secondary N) is 1. The van der Waals surface area contributed by atoms with Crippen molar-refractivity contribution >= 4 is 5.97 Å². The predicted octanol–water partition coefficient (Wildman–Crippen LogP) is 0.987. The predicted molar refractivity (Wildman–Crippen MR) is 49.1 cm³/mol. The van der Waals surface area contributed by atoms with Crippen LogP contribution in [0.15, 0.2) is 0 Å². The van der Waals surface area contributed by atoms with Gasteiger partial charge in [0.25, 0.3) is 0 Å². The van der Waals surface area contributed by atoms with Crippen LogP contribution in [0.5, 0.6) is 0 Å². The molecular weight excluding hydrogens is 168 g/mol. The first-order valence-electron chi connectivity index (χ1n) is 4.35. The minimum Gasteiger partial charge on any atom is -0.480 e. The molecule has 4 nitrogen and oxygen atoms in total. The molecule has 0 aliphatic carbocycles. The second-order valence-corrected chi connectivity index (χ2v) is 3.54. The topological polar surface area (TPSA) is 73.1 Å². The van der Waals surface area contributed by atoms with Gasteiger partial charge in [0.15, 0.2) is 0 Å². The van der Waals surface area contributed by atoms with Crippen LogP contribution in [-0.2, 0) is 4.79 Å². The lowest BCUT2D eigenvalue weighted by atomic mass is 10.0. The van der Waals surface area contributed by atoms with E-state index in [9.17, 15) is 4.79 Å². The van der Waals surface area contributed by atoms with Crippen LogP contribution in [-0.4, -0.2) is 23.2 Å². The maximum atomic E-state index is 10.7. The van der Waals surface area contributed by atoms with Crippen molar-refractivity contribution in [3.05, 3.63) is 0 Å². The van der Waals surface area contributed by atoms with Gasteiger partial charge in [-0.1, -0.05) is 13.8 Å². The Morgan fingerprint density at radius 1 is 1.54 bits per heavy atom. The SMILES string of the molecule is CC(C)CC(NC(C)C#N)C(=O)O. The quantitative estimate of drug-likeness (QED) is 0.668. The van der Waals surface area contributed by atoms with E-state index in [1.165, 1.54) is 0 Å². The minimum absolute atomic E-state index is 0.305. The molecule has 0 aromatic rings. The summed E-state index contributed by atoms with van der Waals surface area (Å²) in [5.41, 5.74) is 0. The summed E-state index contributed by atoms with van der Waals surface area (Å²) in [6, 6.07) is 0.916. The molecular formula is C9H16N2O2. The Balaban J connectivity index is 4.12. The number of carbonyl (C=O) groups is 1. The highest BCUT2D eigenvalue weighted by molar-refractivity contribution is 5.73. The van der Waals surface area contributed by atoms with Gasteiger partial charge in [0.05, 0.1) is 12.1 Å². The molecule has 0 aliphatic heterocycles. The van der Waals surface area contributed by atoms with E-state index in [1.54, 1.807) is 6.92 Å². The second kappa shape index (κ2) is 5.55. The van der Waals surface area contributed by atoms with Crippen molar-refractivity contribution in [3.63, 3.8) is 0 Å². The van der Waals surface area contributed by atoms with E-state index in [0.717, 1.165) is 0 Å². The highest BCUT2D eigenvalue weighted by atomic mass is 16.4. The average Bonchev–Trinajstić information content (AvgIpc) is 2.02. The third kappa shape index (κ3) is 5.21. The first-order valence-corrected chi connectivity index (χ1v) is 4.35. The summed E-state index contributed by atoms with van der Waals surface area (Å²) < 4.78 is 0.